The third-order valence-electron chi connectivity index (χ3n) is 2.88. The van der Waals surface area contributed by atoms with Crippen LogP contribution in [-0.2, 0) is 6.54 Å². The van der Waals surface area contributed by atoms with Crippen LogP contribution in [0.3, 0.4) is 0 Å². The number of nitrogens with zero attached hydrogens (tertiary/aromatic N) is 3. The number of likely N-dealkylation sites (N-methyl/N-ethyl adjacent to an activating group) is 1. The van der Waals surface area contributed by atoms with Gasteiger partial charge in [-0.1, -0.05) is 6.08 Å². The Kier molecular flexibility index (Phi) is 5.22. The van der Waals surface area contributed by atoms with Gasteiger partial charge in [-0.25, -0.2) is 4.98 Å². The lowest BCUT2D eigenvalue weighted by atomic mass is 10.3. The molecule has 0 unspecified atom stereocenters. The summed E-state index contributed by atoms with van der Waals surface area (Å²) in [6.07, 6.45) is 3.92. The number of nitrogens with one attached hydrogen (secondary N) is 1. The molecule has 0 atom stereocenters. The van der Waals surface area contributed by atoms with E-state index in [0.717, 1.165) is 31.3 Å². The quantitative estimate of drug-likeness (QED) is 0.736. The minimum Gasteiger partial charge on any atom is -0.352 e. The Morgan fingerprint density at radius 2 is 2.29 bits per heavy atom. The summed E-state index contributed by atoms with van der Waals surface area (Å²) in [7, 11) is 2.14. The number of rotatable bonds is 7. The predicted octanol–water partition coefficient (Wildman–Crippen LogP) is 2.13. The Morgan fingerprint density at radius 1 is 1.59 bits per heavy atom. The Balaban J connectivity index is 2.59. The summed E-state index contributed by atoms with van der Waals surface area (Å²) in [6.45, 7) is 12.9. The molecule has 4 nitrogen and oxygen atoms in total. The average Bonchev–Trinajstić information content (AvgIpc) is 2.63. The summed E-state index contributed by atoms with van der Waals surface area (Å²) >= 11 is 0. The van der Waals surface area contributed by atoms with Gasteiger partial charge < -0.3 is 14.8 Å². The SMILES string of the molecule is C=CCNc1nc(C)cn1CCN(C)C(C)C. The van der Waals surface area contributed by atoms with E-state index in [0.29, 0.717) is 6.04 Å². The van der Waals surface area contributed by atoms with Crippen LogP contribution in [0.4, 0.5) is 5.95 Å². The van der Waals surface area contributed by atoms with E-state index in [9.17, 15) is 0 Å². The molecule has 1 N–H and O–H groups in total. The van der Waals surface area contributed by atoms with Gasteiger partial charge in [0.1, 0.15) is 0 Å². The van der Waals surface area contributed by atoms with Crippen LogP contribution in [0.5, 0.6) is 0 Å². The predicted molar refractivity (Wildman–Crippen MR) is 73.4 cm³/mol. The smallest absolute Gasteiger partial charge is 0.203 e. The molecule has 1 heterocycles. The molecule has 4 heteroatoms. The third kappa shape index (κ3) is 4.23. The van der Waals surface area contributed by atoms with E-state index in [1.165, 1.54) is 0 Å². The Bertz CT molecular complexity index is 354. The summed E-state index contributed by atoms with van der Waals surface area (Å²) in [5, 5.41) is 3.25. The first-order valence-electron chi connectivity index (χ1n) is 6.13. The fourth-order valence-electron chi connectivity index (χ4n) is 1.55. The lowest BCUT2D eigenvalue weighted by Gasteiger charge is -2.21. The highest BCUT2D eigenvalue weighted by Gasteiger charge is 2.07. The van der Waals surface area contributed by atoms with Gasteiger partial charge in [-0.2, -0.15) is 0 Å². The van der Waals surface area contributed by atoms with Gasteiger partial charge in [0.15, 0.2) is 0 Å². The summed E-state index contributed by atoms with van der Waals surface area (Å²) in [6, 6.07) is 0.573. The lowest BCUT2D eigenvalue weighted by Crippen LogP contribution is -2.29. The zero-order valence-corrected chi connectivity index (χ0v) is 11.4. The van der Waals surface area contributed by atoms with Crippen molar-refractivity contribution in [1.82, 2.24) is 14.5 Å². The fraction of sp³-hybridized carbons (Fsp3) is 0.615. The fourth-order valence-corrected chi connectivity index (χ4v) is 1.55. The molecule has 0 aromatic carbocycles. The molecule has 1 aromatic heterocycles. The third-order valence-corrected chi connectivity index (χ3v) is 2.88. The molecule has 0 radical (unpaired) electrons. The average molecular weight is 236 g/mol. The second kappa shape index (κ2) is 6.45. The van der Waals surface area contributed by atoms with Crippen LogP contribution in [0.15, 0.2) is 18.9 Å². The second-order valence-corrected chi connectivity index (χ2v) is 4.64. The van der Waals surface area contributed by atoms with Crippen molar-refractivity contribution in [3.63, 3.8) is 0 Å². The topological polar surface area (TPSA) is 33.1 Å². The number of aromatic nitrogens is 2. The second-order valence-electron chi connectivity index (χ2n) is 4.64. The van der Waals surface area contributed by atoms with Crippen LogP contribution in [0.1, 0.15) is 19.5 Å². The van der Waals surface area contributed by atoms with E-state index in [1.807, 2.05) is 13.0 Å². The maximum atomic E-state index is 4.46. The molecule has 0 bridgehead atoms. The van der Waals surface area contributed by atoms with Crippen molar-refractivity contribution in [2.45, 2.75) is 33.4 Å². The molecule has 1 aromatic rings. The van der Waals surface area contributed by atoms with Crippen molar-refractivity contribution in [2.75, 3.05) is 25.5 Å². The van der Waals surface area contributed by atoms with Crippen LogP contribution in [-0.4, -0.2) is 40.6 Å². The van der Waals surface area contributed by atoms with E-state index in [2.05, 4.69) is 53.4 Å². The van der Waals surface area contributed by atoms with Gasteiger partial charge >= 0.3 is 0 Å². The summed E-state index contributed by atoms with van der Waals surface area (Å²) in [5.74, 6) is 0.930. The Labute approximate surface area is 104 Å². The monoisotopic (exact) mass is 236 g/mol. The van der Waals surface area contributed by atoms with Crippen molar-refractivity contribution in [2.24, 2.45) is 0 Å². The highest BCUT2D eigenvalue weighted by Crippen LogP contribution is 2.08. The standard InChI is InChI=1S/C13H24N4/c1-6-7-14-13-15-12(4)10-17(13)9-8-16(5)11(2)3/h6,10-11H,1,7-9H2,2-5H3,(H,14,15). The lowest BCUT2D eigenvalue weighted by molar-refractivity contribution is 0.263. The van der Waals surface area contributed by atoms with E-state index in [1.54, 1.807) is 0 Å². The van der Waals surface area contributed by atoms with Crippen LogP contribution in [0, 0.1) is 6.92 Å². The molecule has 1 rings (SSSR count). The van der Waals surface area contributed by atoms with Crippen molar-refractivity contribution >= 4 is 5.95 Å². The molecule has 0 amide bonds. The van der Waals surface area contributed by atoms with Gasteiger partial charge in [-0.3, -0.25) is 0 Å². The number of aryl methyl sites for hydroxylation is 1. The van der Waals surface area contributed by atoms with Gasteiger partial charge in [-0.15, -0.1) is 6.58 Å². The van der Waals surface area contributed by atoms with Crippen molar-refractivity contribution < 1.29 is 0 Å². The van der Waals surface area contributed by atoms with Crippen molar-refractivity contribution in [3.8, 4) is 0 Å². The first kappa shape index (κ1) is 13.8. The summed E-state index contributed by atoms with van der Waals surface area (Å²) < 4.78 is 2.16. The molecular weight excluding hydrogens is 212 g/mol. The summed E-state index contributed by atoms with van der Waals surface area (Å²) in [4.78, 5) is 6.78. The van der Waals surface area contributed by atoms with Gasteiger partial charge in [0.05, 0.1) is 5.69 Å². The van der Waals surface area contributed by atoms with E-state index < -0.39 is 0 Å². The van der Waals surface area contributed by atoms with E-state index >= 15 is 0 Å². The molecule has 0 spiro atoms. The molecule has 0 aliphatic rings. The highest BCUT2D eigenvalue weighted by atomic mass is 15.2. The van der Waals surface area contributed by atoms with Crippen molar-refractivity contribution in [3.05, 3.63) is 24.5 Å². The zero-order chi connectivity index (χ0) is 12.8. The molecule has 0 saturated carbocycles. The molecule has 0 fully saturated rings. The molecule has 0 aliphatic heterocycles. The minimum absolute atomic E-state index is 0.573. The number of hydrogen-bond donors (Lipinski definition) is 1. The van der Waals surface area contributed by atoms with E-state index in [-0.39, 0.29) is 0 Å². The zero-order valence-electron chi connectivity index (χ0n) is 11.4. The Morgan fingerprint density at radius 3 is 2.88 bits per heavy atom. The number of imidazole rings is 1. The summed E-state index contributed by atoms with van der Waals surface area (Å²) in [5.41, 5.74) is 1.05. The minimum atomic E-state index is 0.573. The highest BCUT2D eigenvalue weighted by molar-refractivity contribution is 5.29. The van der Waals surface area contributed by atoms with Crippen molar-refractivity contribution in [1.29, 1.82) is 0 Å². The first-order chi connectivity index (χ1) is 8.04. The maximum Gasteiger partial charge on any atom is 0.203 e. The van der Waals surface area contributed by atoms with Crippen LogP contribution < -0.4 is 5.32 Å². The maximum absolute atomic E-state index is 4.46. The molecule has 17 heavy (non-hydrogen) atoms. The Hall–Kier alpha value is -1.29. The van der Waals surface area contributed by atoms with Gasteiger partial charge in [0.25, 0.3) is 0 Å². The van der Waals surface area contributed by atoms with Crippen LogP contribution in [0.25, 0.3) is 0 Å². The van der Waals surface area contributed by atoms with Gasteiger partial charge in [0, 0.05) is 31.9 Å². The van der Waals surface area contributed by atoms with Gasteiger partial charge in [0.2, 0.25) is 5.95 Å². The molecular formula is C13H24N4. The largest absolute Gasteiger partial charge is 0.352 e. The van der Waals surface area contributed by atoms with E-state index in [4.69, 9.17) is 0 Å². The van der Waals surface area contributed by atoms with Gasteiger partial charge in [-0.05, 0) is 27.8 Å². The van der Waals surface area contributed by atoms with Crippen LogP contribution >= 0.6 is 0 Å². The molecule has 0 saturated heterocycles. The number of anilines is 1. The molecule has 0 aliphatic carbocycles. The normalized spacial score (nSPS) is 11.2. The van der Waals surface area contributed by atoms with Crippen LogP contribution in [0.2, 0.25) is 0 Å². The number of hydrogen-bond acceptors (Lipinski definition) is 3. The first-order valence-corrected chi connectivity index (χ1v) is 6.13. The molecule has 96 valence electrons.